The lowest BCUT2D eigenvalue weighted by molar-refractivity contribution is -0.144. The summed E-state index contributed by atoms with van der Waals surface area (Å²) in [5.74, 6) is -0.115. The van der Waals surface area contributed by atoms with Gasteiger partial charge in [0.05, 0.1) is 19.6 Å². The number of benzene rings is 1. The molecular weight excluding hydrogens is 387 g/mol. The van der Waals surface area contributed by atoms with E-state index in [0.717, 1.165) is 50.9 Å². The van der Waals surface area contributed by atoms with Gasteiger partial charge in [-0.1, -0.05) is 18.2 Å². The zero-order valence-electron chi connectivity index (χ0n) is 17.9. The summed E-state index contributed by atoms with van der Waals surface area (Å²) < 4.78 is 24.3. The minimum atomic E-state index is -0.359. The van der Waals surface area contributed by atoms with Gasteiger partial charge in [-0.2, -0.15) is 0 Å². The van der Waals surface area contributed by atoms with Crippen molar-refractivity contribution in [1.29, 1.82) is 0 Å². The average molecular weight is 421 g/mol. The summed E-state index contributed by atoms with van der Waals surface area (Å²) in [6.45, 7) is 4.44. The molecule has 0 radical (unpaired) electrons. The van der Waals surface area contributed by atoms with Gasteiger partial charge in [-0.25, -0.2) is 4.39 Å². The molecular formula is C23H33FN2O4. The molecule has 1 aromatic rings. The van der Waals surface area contributed by atoms with E-state index in [9.17, 15) is 14.0 Å². The number of hydrogen-bond donors (Lipinski definition) is 0. The van der Waals surface area contributed by atoms with E-state index in [-0.39, 0.29) is 36.6 Å². The molecule has 2 aliphatic heterocycles. The first-order valence-electron chi connectivity index (χ1n) is 11.0. The lowest BCUT2D eigenvalue weighted by Crippen LogP contribution is -2.43. The Kier molecular flexibility index (Phi) is 8.63. The number of amides is 1. The first-order chi connectivity index (χ1) is 14.5. The Hall–Kier alpha value is -1.99. The third-order valence-corrected chi connectivity index (χ3v) is 6.11. The normalized spacial score (nSPS) is 20.3. The molecule has 3 rings (SSSR count). The number of rotatable bonds is 9. The van der Waals surface area contributed by atoms with E-state index in [1.165, 1.54) is 13.2 Å². The van der Waals surface area contributed by atoms with Crippen molar-refractivity contribution in [1.82, 2.24) is 9.80 Å². The van der Waals surface area contributed by atoms with Crippen LogP contribution in [0.5, 0.6) is 0 Å². The number of ether oxygens (including phenoxy) is 2. The van der Waals surface area contributed by atoms with Crippen molar-refractivity contribution < 1.29 is 23.5 Å². The van der Waals surface area contributed by atoms with Gasteiger partial charge in [0.1, 0.15) is 5.82 Å². The Balaban J connectivity index is 1.50. The summed E-state index contributed by atoms with van der Waals surface area (Å²) in [7, 11) is 1.34. The van der Waals surface area contributed by atoms with Gasteiger partial charge in [-0.3, -0.25) is 14.5 Å². The van der Waals surface area contributed by atoms with Gasteiger partial charge in [0.25, 0.3) is 0 Å². The van der Waals surface area contributed by atoms with Crippen LogP contribution in [0.3, 0.4) is 0 Å². The average Bonchev–Trinajstić information content (AvgIpc) is 3.27. The Bertz CT molecular complexity index is 700. The van der Waals surface area contributed by atoms with Gasteiger partial charge >= 0.3 is 5.97 Å². The van der Waals surface area contributed by atoms with Crippen molar-refractivity contribution in [2.24, 2.45) is 5.92 Å². The molecule has 2 saturated heterocycles. The summed E-state index contributed by atoms with van der Waals surface area (Å²) in [4.78, 5) is 28.4. The second-order valence-electron chi connectivity index (χ2n) is 8.32. The van der Waals surface area contributed by atoms with Gasteiger partial charge in [-0.15, -0.1) is 0 Å². The van der Waals surface area contributed by atoms with Crippen LogP contribution in [0.25, 0.3) is 0 Å². The van der Waals surface area contributed by atoms with E-state index >= 15 is 0 Å². The molecule has 1 amide bonds. The molecule has 0 N–H and O–H groups in total. The minimum absolute atomic E-state index is 0.00955. The Labute approximate surface area is 178 Å². The highest BCUT2D eigenvalue weighted by Gasteiger charge is 2.27. The fourth-order valence-corrected chi connectivity index (χ4v) is 4.29. The number of likely N-dealkylation sites (tertiary alicyclic amines) is 1. The predicted molar refractivity (Wildman–Crippen MR) is 111 cm³/mol. The largest absolute Gasteiger partial charge is 0.469 e. The zero-order chi connectivity index (χ0) is 21.3. The quantitative estimate of drug-likeness (QED) is 0.575. The van der Waals surface area contributed by atoms with Crippen LogP contribution in [0, 0.1) is 11.7 Å². The first kappa shape index (κ1) is 22.7. The standard InChI is InChI=1S/C23H33FN2O4/c1-29-23(28)9-8-22(27)26(17-20-6-4-14-30-20)15-18-10-12-25(13-11-18)16-19-5-2-3-7-21(19)24/h2-3,5,7,18,20H,4,6,8-17H2,1H3/t20-/m0/s1. The van der Waals surface area contributed by atoms with Crippen molar-refractivity contribution in [2.75, 3.05) is 39.9 Å². The van der Waals surface area contributed by atoms with Crippen LogP contribution in [-0.4, -0.2) is 67.7 Å². The summed E-state index contributed by atoms with van der Waals surface area (Å²) in [6, 6.07) is 6.93. The Morgan fingerprint density at radius 1 is 1.17 bits per heavy atom. The van der Waals surface area contributed by atoms with Crippen LogP contribution in [0.4, 0.5) is 4.39 Å². The van der Waals surface area contributed by atoms with Gasteiger partial charge in [0, 0.05) is 38.2 Å². The SMILES string of the molecule is COC(=O)CCC(=O)N(CC1CCN(Cc2ccccc2F)CC1)C[C@@H]1CCCO1. The summed E-state index contributed by atoms with van der Waals surface area (Å²) in [6.07, 6.45) is 4.32. The molecule has 1 atom stereocenters. The number of carbonyl (C=O) groups excluding carboxylic acids is 2. The number of esters is 1. The smallest absolute Gasteiger partial charge is 0.306 e. The summed E-state index contributed by atoms with van der Waals surface area (Å²) in [5, 5.41) is 0. The highest BCUT2D eigenvalue weighted by Crippen LogP contribution is 2.23. The molecule has 2 fully saturated rings. The third kappa shape index (κ3) is 6.77. The van der Waals surface area contributed by atoms with Crippen LogP contribution < -0.4 is 0 Å². The van der Waals surface area contributed by atoms with E-state index in [1.54, 1.807) is 6.07 Å². The van der Waals surface area contributed by atoms with Gasteiger partial charge < -0.3 is 14.4 Å². The van der Waals surface area contributed by atoms with E-state index in [0.29, 0.717) is 25.6 Å². The van der Waals surface area contributed by atoms with Gasteiger partial charge in [0.2, 0.25) is 5.91 Å². The first-order valence-corrected chi connectivity index (χ1v) is 11.0. The van der Waals surface area contributed by atoms with Crippen LogP contribution in [0.1, 0.15) is 44.1 Å². The molecule has 0 unspecified atom stereocenters. The molecule has 0 aromatic heterocycles. The van der Waals surface area contributed by atoms with E-state index in [1.807, 2.05) is 17.0 Å². The maximum Gasteiger partial charge on any atom is 0.306 e. The number of methoxy groups -OCH3 is 1. The maximum absolute atomic E-state index is 13.9. The Morgan fingerprint density at radius 2 is 1.93 bits per heavy atom. The Morgan fingerprint density at radius 3 is 2.60 bits per heavy atom. The molecule has 2 heterocycles. The van der Waals surface area contributed by atoms with Crippen LogP contribution in [-0.2, 0) is 25.6 Å². The molecule has 6 nitrogen and oxygen atoms in total. The lowest BCUT2D eigenvalue weighted by Gasteiger charge is -2.35. The van der Waals surface area contributed by atoms with Crippen molar-refractivity contribution >= 4 is 11.9 Å². The van der Waals surface area contributed by atoms with Crippen LogP contribution >= 0.6 is 0 Å². The number of nitrogens with zero attached hydrogens (tertiary/aromatic N) is 2. The van der Waals surface area contributed by atoms with E-state index in [4.69, 9.17) is 4.74 Å². The molecule has 0 bridgehead atoms. The molecule has 0 saturated carbocycles. The van der Waals surface area contributed by atoms with Crippen molar-refractivity contribution in [2.45, 2.75) is 51.2 Å². The number of piperidine rings is 1. The van der Waals surface area contributed by atoms with Crippen molar-refractivity contribution in [3.8, 4) is 0 Å². The highest BCUT2D eigenvalue weighted by molar-refractivity contribution is 5.81. The molecule has 166 valence electrons. The lowest BCUT2D eigenvalue weighted by atomic mass is 9.95. The van der Waals surface area contributed by atoms with E-state index < -0.39 is 0 Å². The second kappa shape index (κ2) is 11.4. The maximum atomic E-state index is 13.9. The number of hydrogen-bond acceptors (Lipinski definition) is 5. The summed E-state index contributed by atoms with van der Waals surface area (Å²) in [5.41, 5.74) is 0.731. The third-order valence-electron chi connectivity index (χ3n) is 6.11. The molecule has 7 heteroatoms. The molecule has 0 spiro atoms. The highest BCUT2D eigenvalue weighted by atomic mass is 19.1. The zero-order valence-corrected chi connectivity index (χ0v) is 17.9. The molecule has 0 aliphatic carbocycles. The predicted octanol–water partition coefficient (Wildman–Crippen LogP) is 3.00. The fourth-order valence-electron chi connectivity index (χ4n) is 4.29. The number of carbonyl (C=O) groups is 2. The summed E-state index contributed by atoms with van der Waals surface area (Å²) >= 11 is 0. The molecule has 1 aromatic carbocycles. The molecule has 2 aliphatic rings. The topological polar surface area (TPSA) is 59.1 Å². The van der Waals surface area contributed by atoms with Crippen molar-refractivity contribution in [3.63, 3.8) is 0 Å². The van der Waals surface area contributed by atoms with Crippen LogP contribution in [0.2, 0.25) is 0 Å². The van der Waals surface area contributed by atoms with Gasteiger partial charge in [-0.05, 0) is 50.8 Å². The molecule has 30 heavy (non-hydrogen) atoms. The van der Waals surface area contributed by atoms with E-state index in [2.05, 4.69) is 9.64 Å². The van der Waals surface area contributed by atoms with Crippen LogP contribution in [0.15, 0.2) is 24.3 Å². The van der Waals surface area contributed by atoms with Gasteiger partial charge in [0.15, 0.2) is 0 Å². The van der Waals surface area contributed by atoms with Crippen molar-refractivity contribution in [3.05, 3.63) is 35.6 Å². The monoisotopic (exact) mass is 420 g/mol. The second-order valence-corrected chi connectivity index (χ2v) is 8.32. The minimum Gasteiger partial charge on any atom is -0.469 e. The fraction of sp³-hybridized carbons (Fsp3) is 0.652. The number of halogens is 1.